The van der Waals surface area contributed by atoms with Gasteiger partial charge in [0.05, 0.1) is 18.3 Å². The smallest absolute Gasteiger partial charge is 0.244 e. The predicted octanol–water partition coefficient (Wildman–Crippen LogP) is 0.999. The van der Waals surface area contributed by atoms with E-state index in [-0.39, 0.29) is 24.4 Å². The fourth-order valence-electron chi connectivity index (χ4n) is 2.57. The molecule has 1 aromatic rings. The third-order valence-corrected chi connectivity index (χ3v) is 3.62. The summed E-state index contributed by atoms with van der Waals surface area (Å²) in [5.41, 5.74) is 0.302. The van der Waals surface area contributed by atoms with Crippen LogP contribution in [-0.2, 0) is 9.59 Å². The molecule has 1 aliphatic heterocycles. The van der Waals surface area contributed by atoms with Crippen LogP contribution in [0.2, 0.25) is 0 Å². The first-order valence-electron chi connectivity index (χ1n) is 7.07. The second-order valence-corrected chi connectivity index (χ2v) is 5.11. The Bertz CT molecular complexity index is 535. The minimum Gasteiger partial charge on any atom is -0.355 e. The zero-order valence-corrected chi connectivity index (χ0v) is 12.3. The lowest BCUT2D eigenvalue weighted by molar-refractivity contribution is -0.125. The zero-order chi connectivity index (χ0) is 15.4. The molecule has 21 heavy (non-hydrogen) atoms. The molecule has 1 unspecified atom stereocenters. The number of amides is 2. The minimum absolute atomic E-state index is 0.114. The van der Waals surface area contributed by atoms with Gasteiger partial charge in [-0.2, -0.15) is 0 Å². The van der Waals surface area contributed by atoms with Gasteiger partial charge in [-0.25, -0.2) is 4.39 Å². The van der Waals surface area contributed by atoms with Crippen molar-refractivity contribution in [2.75, 3.05) is 31.6 Å². The summed E-state index contributed by atoms with van der Waals surface area (Å²) in [5, 5.41) is 2.70. The summed E-state index contributed by atoms with van der Waals surface area (Å²) in [7, 11) is 1.74. The summed E-state index contributed by atoms with van der Waals surface area (Å²) >= 11 is 0. The molecule has 1 aliphatic rings. The van der Waals surface area contributed by atoms with E-state index in [2.05, 4.69) is 5.32 Å². The third kappa shape index (κ3) is 3.39. The maximum atomic E-state index is 13.8. The van der Waals surface area contributed by atoms with Gasteiger partial charge in [0, 0.05) is 13.1 Å². The van der Waals surface area contributed by atoms with E-state index in [0.29, 0.717) is 25.2 Å². The number of nitrogens with one attached hydrogen (secondary N) is 1. The van der Waals surface area contributed by atoms with Crippen LogP contribution in [0.5, 0.6) is 0 Å². The minimum atomic E-state index is -0.405. The number of rotatable bonds is 5. The fraction of sp³-hybridized carbons (Fsp3) is 0.467. The Morgan fingerprint density at radius 1 is 1.48 bits per heavy atom. The van der Waals surface area contributed by atoms with E-state index < -0.39 is 5.82 Å². The van der Waals surface area contributed by atoms with Crippen LogP contribution in [0, 0.1) is 5.82 Å². The maximum absolute atomic E-state index is 13.8. The highest BCUT2D eigenvalue weighted by molar-refractivity contribution is 5.99. The number of para-hydroxylation sites is 1. The molecule has 2 rings (SSSR count). The quantitative estimate of drug-likeness (QED) is 0.881. The number of hydrogen-bond donors (Lipinski definition) is 1. The highest BCUT2D eigenvalue weighted by Crippen LogP contribution is 2.26. The Labute approximate surface area is 123 Å². The summed E-state index contributed by atoms with van der Waals surface area (Å²) in [4.78, 5) is 27.2. The van der Waals surface area contributed by atoms with Crippen LogP contribution in [-0.4, -0.2) is 49.4 Å². The molecule has 6 heteroatoms. The fourth-order valence-corrected chi connectivity index (χ4v) is 2.57. The second-order valence-electron chi connectivity index (χ2n) is 5.11. The number of carbonyl (C=O) groups excluding carboxylic acids is 2. The van der Waals surface area contributed by atoms with Crippen LogP contribution < -0.4 is 10.2 Å². The van der Waals surface area contributed by atoms with Gasteiger partial charge in [0.25, 0.3) is 0 Å². The molecular weight excluding hydrogens is 273 g/mol. The van der Waals surface area contributed by atoms with Crippen molar-refractivity contribution in [1.82, 2.24) is 10.2 Å². The van der Waals surface area contributed by atoms with Crippen LogP contribution in [0.25, 0.3) is 0 Å². The zero-order valence-electron chi connectivity index (χ0n) is 12.3. The van der Waals surface area contributed by atoms with E-state index in [1.807, 2.05) is 6.92 Å². The van der Waals surface area contributed by atoms with Crippen molar-refractivity contribution < 1.29 is 14.0 Å². The summed E-state index contributed by atoms with van der Waals surface area (Å²) in [5.74, 6) is -0.679. The Hall–Kier alpha value is -1.95. The maximum Gasteiger partial charge on any atom is 0.244 e. The molecule has 0 spiro atoms. The summed E-state index contributed by atoms with van der Waals surface area (Å²) in [6, 6.07) is 5.86. The lowest BCUT2D eigenvalue weighted by Gasteiger charge is -2.23. The Kier molecular flexibility index (Phi) is 4.90. The SMILES string of the molecule is CCNC(=O)CN(C)C1CCN(c2ccccc2F)C1=O. The first-order chi connectivity index (χ1) is 10.0. The number of likely N-dealkylation sites (N-methyl/N-ethyl adjacent to an activating group) is 2. The van der Waals surface area contributed by atoms with Crippen LogP contribution in [0.15, 0.2) is 24.3 Å². The summed E-state index contributed by atoms with van der Waals surface area (Å²) in [6.07, 6.45) is 0.586. The van der Waals surface area contributed by atoms with E-state index in [1.54, 1.807) is 30.1 Å². The van der Waals surface area contributed by atoms with Gasteiger partial charge >= 0.3 is 0 Å². The molecule has 0 bridgehead atoms. The van der Waals surface area contributed by atoms with Crippen molar-refractivity contribution >= 4 is 17.5 Å². The molecule has 5 nitrogen and oxygen atoms in total. The largest absolute Gasteiger partial charge is 0.355 e. The van der Waals surface area contributed by atoms with Gasteiger partial charge in [0.15, 0.2) is 0 Å². The van der Waals surface area contributed by atoms with Crippen molar-refractivity contribution in [3.63, 3.8) is 0 Å². The van der Waals surface area contributed by atoms with Crippen molar-refractivity contribution in [3.8, 4) is 0 Å². The van der Waals surface area contributed by atoms with Crippen LogP contribution in [0.3, 0.4) is 0 Å². The van der Waals surface area contributed by atoms with Crippen molar-refractivity contribution in [3.05, 3.63) is 30.1 Å². The molecule has 1 N–H and O–H groups in total. The van der Waals surface area contributed by atoms with Crippen molar-refractivity contribution in [2.24, 2.45) is 0 Å². The lowest BCUT2D eigenvalue weighted by atomic mass is 10.2. The topological polar surface area (TPSA) is 52.7 Å². The molecule has 0 radical (unpaired) electrons. The average Bonchev–Trinajstić information content (AvgIpc) is 2.81. The number of halogens is 1. The van der Waals surface area contributed by atoms with E-state index >= 15 is 0 Å². The van der Waals surface area contributed by atoms with Gasteiger partial charge in [0.2, 0.25) is 11.8 Å². The molecule has 1 fully saturated rings. The number of hydrogen-bond acceptors (Lipinski definition) is 3. The van der Waals surface area contributed by atoms with Gasteiger partial charge in [-0.15, -0.1) is 0 Å². The molecule has 114 valence electrons. The van der Waals surface area contributed by atoms with E-state index in [0.717, 1.165) is 0 Å². The molecule has 1 atom stereocenters. The molecule has 0 aliphatic carbocycles. The molecule has 0 saturated carbocycles. The average molecular weight is 293 g/mol. The highest BCUT2D eigenvalue weighted by Gasteiger charge is 2.36. The monoisotopic (exact) mass is 293 g/mol. The Morgan fingerprint density at radius 3 is 2.86 bits per heavy atom. The van der Waals surface area contributed by atoms with Gasteiger partial charge < -0.3 is 10.2 Å². The Morgan fingerprint density at radius 2 is 2.19 bits per heavy atom. The number of anilines is 1. The third-order valence-electron chi connectivity index (χ3n) is 3.62. The first kappa shape index (κ1) is 15.4. The van der Waals surface area contributed by atoms with Gasteiger partial charge in [0.1, 0.15) is 5.82 Å². The van der Waals surface area contributed by atoms with Gasteiger partial charge in [-0.1, -0.05) is 12.1 Å². The second kappa shape index (κ2) is 6.67. The first-order valence-corrected chi connectivity index (χ1v) is 7.07. The van der Waals surface area contributed by atoms with Crippen molar-refractivity contribution in [1.29, 1.82) is 0 Å². The van der Waals surface area contributed by atoms with Gasteiger partial charge in [-0.05, 0) is 32.5 Å². The molecule has 2 amide bonds. The van der Waals surface area contributed by atoms with Crippen LogP contribution in [0.4, 0.5) is 10.1 Å². The summed E-state index contributed by atoms with van der Waals surface area (Å²) in [6.45, 7) is 3.03. The van der Waals surface area contributed by atoms with Crippen molar-refractivity contribution in [2.45, 2.75) is 19.4 Å². The summed E-state index contributed by atoms with van der Waals surface area (Å²) < 4.78 is 13.8. The molecular formula is C15H20FN3O2. The molecule has 1 heterocycles. The van der Waals surface area contributed by atoms with E-state index in [4.69, 9.17) is 0 Å². The lowest BCUT2D eigenvalue weighted by Crippen LogP contribution is -2.44. The van der Waals surface area contributed by atoms with Crippen LogP contribution >= 0.6 is 0 Å². The number of carbonyl (C=O) groups is 2. The van der Waals surface area contributed by atoms with E-state index in [1.165, 1.54) is 11.0 Å². The normalized spacial score (nSPS) is 18.4. The standard InChI is InChI=1S/C15H20FN3O2/c1-3-17-14(20)10-18(2)13-8-9-19(15(13)21)12-7-5-4-6-11(12)16/h4-7,13H,3,8-10H2,1-2H3,(H,17,20). The molecule has 1 saturated heterocycles. The molecule has 1 aromatic carbocycles. The molecule has 0 aromatic heterocycles. The highest BCUT2D eigenvalue weighted by atomic mass is 19.1. The Balaban J connectivity index is 2.05. The predicted molar refractivity (Wildman–Crippen MR) is 78.5 cm³/mol. The number of nitrogens with zero attached hydrogens (tertiary/aromatic N) is 2. The van der Waals surface area contributed by atoms with Crippen LogP contribution in [0.1, 0.15) is 13.3 Å². The number of benzene rings is 1. The van der Waals surface area contributed by atoms with Gasteiger partial charge in [-0.3, -0.25) is 14.5 Å². The van der Waals surface area contributed by atoms with E-state index in [9.17, 15) is 14.0 Å².